The van der Waals surface area contributed by atoms with E-state index in [2.05, 4.69) is 20.2 Å². The van der Waals surface area contributed by atoms with Crippen LogP contribution in [0, 0.1) is 13.8 Å². The van der Waals surface area contributed by atoms with Crippen LogP contribution in [0.2, 0.25) is 0 Å². The van der Waals surface area contributed by atoms with Crippen LogP contribution in [-0.4, -0.2) is 50.0 Å². The summed E-state index contributed by atoms with van der Waals surface area (Å²) in [6, 6.07) is 5.66. The third kappa shape index (κ3) is 4.03. The van der Waals surface area contributed by atoms with E-state index >= 15 is 0 Å². The van der Waals surface area contributed by atoms with E-state index in [9.17, 15) is 4.79 Å². The average molecular weight is 371 g/mol. The Balaban J connectivity index is 1.80. The maximum atomic E-state index is 12.5. The first-order valence-electron chi connectivity index (χ1n) is 8.25. The summed E-state index contributed by atoms with van der Waals surface area (Å²) in [5, 5.41) is 9.28. The first kappa shape index (κ1) is 18.3. The predicted molar refractivity (Wildman–Crippen MR) is 100 cm³/mol. The first-order chi connectivity index (χ1) is 12.6. The molecule has 0 spiro atoms. The first-order valence-corrected chi connectivity index (χ1v) is 9.23. The lowest BCUT2D eigenvalue weighted by Crippen LogP contribution is -2.09. The molecule has 7 nitrogen and oxygen atoms in total. The van der Waals surface area contributed by atoms with Crippen molar-refractivity contribution in [1.29, 1.82) is 0 Å². The van der Waals surface area contributed by atoms with Gasteiger partial charge in [0.1, 0.15) is 0 Å². The molecule has 1 N–H and O–H groups in total. The van der Waals surface area contributed by atoms with Gasteiger partial charge in [0.15, 0.2) is 16.8 Å². The van der Waals surface area contributed by atoms with Gasteiger partial charge in [-0.15, -0.1) is 10.2 Å². The van der Waals surface area contributed by atoms with Gasteiger partial charge < -0.3 is 9.72 Å². The lowest BCUT2D eigenvalue weighted by atomic mass is 10.2. The minimum Gasteiger partial charge on any atom is -0.383 e. The monoisotopic (exact) mass is 371 g/mol. The van der Waals surface area contributed by atoms with Gasteiger partial charge in [0.05, 0.1) is 18.9 Å². The number of hydrogen-bond donors (Lipinski definition) is 1. The van der Waals surface area contributed by atoms with Gasteiger partial charge in [0.2, 0.25) is 0 Å². The van der Waals surface area contributed by atoms with Crippen LogP contribution in [-0.2, 0) is 11.3 Å². The van der Waals surface area contributed by atoms with Gasteiger partial charge in [-0.2, -0.15) is 0 Å². The molecule has 3 aromatic rings. The summed E-state index contributed by atoms with van der Waals surface area (Å²) in [4.78, 5) is 19.7. The molecular weight excluding hydrogens is 350 g/mol. The molecule has 0 saturated heterocycles. The lowest BCUT2D eigenvalue weighted by Gasteiger charge is -2.09. The second-order valence-corrected chi connectivity index (χ2v) is 6.83. The number of pyridine rings is 1. The van der Waals surface area contributed by atoms with E-state index in [0.717, 1.165) is 28.3 Å². The highest BCUT2D eigenvalue weighted by Crippen LogP contribution is 2.24. The molecule has 3 rings (SSSR count). The van der Waals surface area contributed by atoms with Crippen LogP contribution in [0.4, 0.5) is 0 Å². The molecule has 0 aromatic carbocycles. The molecule has 0 amide bonds. The topological polar surface area (TPSA) is 85.7 Å². The molecule has 136 valence electrons. The van der Waals surface area contributed by atoms with Gasteiger partial charge in [0.25, 0.3) is 0 Å². The minimum atomic E-state index is 0.0728. The maximum absolute atomic E-state index is 12.5. The van der Waals surface area contributed by atoms with Crippen molar-refractivity contribution < 1.29 is 9.53 Å². The van der Waals surface area contributed by atoms with E-state index in [-0.39, 0.29) is 5.78 Å². The Morgan fingerprint density at radius 3 is 2.69 bits per heavy atom. The number of rotatable bonds is 8. The molecule has 0 aliphatic heterocycles. The van der Waals surface area contributed by atoms with Crippen LogP contribution >= 0.6 is 11.8 Å². The number of hydrogen-bond acceptors (Lipinski definition) is 6. The maximum Gasteiger partial charge on any atom is 0.192 e. The molecule has 0 aliphatic rings. The van der Waals surface area contributed by atoms with E-state index in [0.29, 0.717) is 24.1 Å². The van der Waals surface area contributed by atoms with Crippen molar-refractivity contribution in [2.75, 3.05) is 19.5 Å². The van der Waals surface area contributed by atoms with Crippen molar-refractivity contribution in [3.63, 3.8) is 0 Å². The second kappa shape index (κ2) is 8.29. The Morgan fingerprint density at radius 1 is 1.27 bits per heavy atom. The molecule has 0 bridgehead atoms. The van der Waals surface area contributed by atoms with Crippen molar-refractivity contribution >= 4 is 17.5 Å². The van der Waals surface area contributed by atoms with Crippen LogP contribution in [0.3, 0.4) is 0 Å². The number of ketones is 1. The highest BCUT2D eigenvalue weighted by Gasteiger charge is 2.17. The van der Waals surface area contributed by atoms with Crippen LogP contribution in [0.1, 0.15) is 21.7 Å². The fourth-order valence-electron chi connectivity index (χ4n) is 2.72. The van der Waals surface area contributed by atoms with Gasteiger partial charge in [0, 0.05) is 42.0 Å². The Hall–Kier alpha value is -2.45. The molecule has 0 aliphatic carbocycles. The number of aromatic amines is 1. The summed E-state index contributed by atoms with van der Waals surface area (Å²) in [7, 11) is 1.66. The fraction of sp³-hybridized carbons (Fsp3) is 0.333. The summed E-state index contributed by atoms with van der Waals surface area (Å²) in [6.07, 6.45) is 3.44. The quantitative estimate of drug-likeness (QED) is 0.484. The molecule has 0 unspecified atom stereocenters. The molecular formula is C18H21N5O2S. The number of ether oxygens (including phenoxy) is 1. The van der Waals surface area contributed by atoms with Crippen LogP contribution in [0.5, 0.6) is 0 Å². The Morgan fingerprint density at radius 2 is 2.04 bits per heavy atom. The van der Waals surface area contributed by atoms with Crippen LogP contribution in [0.25, 0.3) is 11.4 Å². The number of aryl methyl sites for hydroxylation is 2. The van der Waals surface area contributed by atoms with Crippen LogP contribution < -0.4 is 0 Å². The predicted octanol–water partition coefficient (Wildman–Crippen LogP) is 2.91. The number of thioether (sulfide) groups is 1. The van der Waals surface area contributed by atoms with Crippen LogP contribution in [0.15, 0.2) is 35.7 Å². The third-order valence-corrected chi connectivity index (χ3v) is 4.92. The lowest BCUT2D eigenvalue weighted by molar-refractivity contribution is 0.102. The molecule has 8 heteroatoms. The van der Waals surface area contributed by atoms with E-state index in [4.69, 9.17) is 4.74 Å². The highest BCUT2D eigenvalue weighted by molar-refractivity contribution is 7.99. The number of nitrogens with zero attached hydrogens (tertiary/aromatic N) is 4. The summed E-state index contributed by atoms with van der Waals surface area (Å²) in [6.45, 7) is 5.00. The van der Waals surface area contributed by atoms with E-state index in [1.54, 1.807) is 19.5 Å². The van der Waals surface area contributed by atoms with Crippen molar-refractivity contribution in [2.45, 2.75) is 25.5 Å². The molecule has 0 atom stereocenters. The number of aromatic nitrogens is 5. The second-order valence-electron chi connectivity index (χ2n) is 5.89. The average Bonchev–Trinajstić information content (AvgIpc) is 3.21. The normalized spacial score (nSPS) is 11.0. The van der Waals surface area contributed by atoms with E-state index in [1.807, 2.05) is 36.6 Å². The molecule has 0 saturated carbocycles. The van der Waals surface area contributed by atoms with Crippen molar-refractivity contribution in [1.82, 2.24) is 24.7 Å². The number of Topliss-reactive ketones (excluding diaryl/α,β-unsaturated/α-hetero) is 1. The zero-order valence-corrected chi connectivity index (χ0v) is 15.8. The van der Waals surface area contributed by atoms with Crippen molar-refractivity contribution in [3.8, 4) is 11.4 Å². The SMILES string of the molecule is COCCn1c(SCC(=O)c2cc(C)[nH]c2C)nnc1-c1ccncc1. The molecule has 0 radical (unpaired) electrons. The zero-order valence-electron chi connectivity index (χ0n) is 15.0. The van der Waals surface area contributed by atoms with Gasteiger partial charge in [-0.05, 0) is 32.0 Å². The molecule has 0 fully saturated rings. The zero-order chi connectivity index (χ0) is 18.5. The summed E-state index contributed by atoms with van der Waals surface area (Å²) in [5.41, 5.74) is 3.54. The summed E-state index contributed by atoms with van der Waals surface area (Å²) < 4.78 is 7.18. The molecule has 3 heterocycles. The van der Waals surface area contributed by atoms with Gasteiger partial charge in [-0.25, -0.2) is 0 Å². The standard InChI is InChI=1S/C18H21N5O2S/c1-12-10-15(13(2)20-12)16(24)11-26-18-22-21-17(23(18)8-9-25-3)14-4-6-19-7-5-14/h4-7,10,20H,8-9,11H2,1-3H3. The molecule has 26 heavy (non-hydrogen) atoms. The molecule has 3 aromatic heterocycles. The fourth-order valence-corrected chi connectivity index (χ4v) is 3.56. The third-order valence-electron chi connectivity index (χ3n) is 3.96. The van der Waals surface area contributed by atoms with Gasteiger partial charge in [-0.3, -0.25) is 14.3 Å². The number of nitrogens with one attached hydrogen (secondary N) is 1. The number of carbonyl (C=O) groups is 1. The smallest absolute Gasteiger partial charge is 0.192 e. The Labute approximate surface area is 156 Å². The number of methoxy groups -OCH3 is 1. The number of carbonyl (C=O) groups excluding carboxylic acids is 1. The largest absolute Gasteiger partial charge is 0.383 e. The van der Waals surface area contributed by atoms with Crippen molar-refractivity contribution in [3.05, 3.63) is 47.5 Å². The van der Waals surface area contributed by atoms with E-state index < -0.39 is 0 Å². The summed E-state index contributed by atoms with van der Waals surface area (Å²) >= 11 is 1.39. The highest BCUT2D eigenvalue weighted by atomic mass is 32.2. The van der Waals surface area contributed by atoms with E-state index in [1.165, 1.54) is 11.8 Å². The Bertz CT molecular complexity index is 888. The van der Waals surface area contributed by atoms with Gasteiger partial charge >= 0.3 is 0 Å². The Kier molecular flexibility index (Phi) is 5.85. The van der Waals surface area contributed by atoms with Gasteiger partial charge in [-0.1, -0.05) is 11.8 Å². The minimum absolute atomic E-state index is 0.0728. The van der Waals surface area contributed by atoms with Crippen molar-refractivity contribution in [2.24, 2.45) is 0 Å². The summed E-state index contributed by atoms with van der Waals surface area (Å²) in [5.74, 6) is 1.12. The number of H-pyrrole nitrogens is 1.